The van der Waals surface area contributed by atoms with Crippen molar-refractivity contribution in [2.24, 2.45) is 0 Å². The Morgan fingerprint density at radius 3 is 2.45 bits per heavy atom. The average molecular weight is 312 g/mol. The van der Waals surface area contributed by atoms with Crippen LogP contribution in [0, 0.1) is 11.3 Å². The highest BCUT2D eigenvalue weighted by Crippen LogP contribution is 2.19. The van der Waals surface area contributed by atoms with Gasteiger partial charge in [0.1, 0.15) is 0 Å². The number of piperidine rings is 1. The Bertz CT molecular complexity index is 513. The first-order valence-electron chi connectivity index (χ1n) is 6.45. The lowest BCUT2D eigenvalue weighted by Crippen LogP contribution is -2.44. The highest BCUT2D eigenvalue weighted by atomic mass is 35.5. The van der Waals surface area contributed by atoms with Crippen molar-refractivity contribution >= 4 is 29.1 Å². The van der Waals surface area contributed by atoms with Crippen molar-refractivity contribution in [3.8, 4) is 6.07 Å². The number of carbonyl (C=O) groups excluding carboxylic acids is 1. The summed E-state index contributed by atoms with van der Waals surface area (Å²) in [7, 11) is 0. The molecule has 0 radical (unpaired) electrons. The molecule has 1 aromatic carbocycles. The lowest BCUT2D eigenvalue weighted by molar-refractivity contribution is 0.0914. The molecule has 2 rings (SSSR count). The second kappa shape index (κ2) is 6.94. The summed E-state index contributed by atoms with van der Waals surface area (Å²) < 4.78 is 0. The van der Waals surface area contributed by atoms with Gasteiger partial charge in [0.2, 0.25) is 0 Å². The minimum Gasteiger partial charge on any atom is -0.349 e. The molecule has 0 aromatic heterocycles. The third-order valence-electron chi connectivity index (χ3n) is 3.34. The van der Waals surface area contributed by atoms with Gasteiger partial charge < -0.3 is 5.32 Å². The number of halogens is 2. The minimum absolute atomic E-state index is 0.134. The fraction of sp³-hybridized carbons (Fsp3) is 0.429. The van der Waals surface area contributed by atoms with E-state index in [1.807, 2.05) is 0 Å². The minimum atomic E-state index is -0.159. The number of likely N-dealkylation sites (tertiary alicyclic amines) is 1. The monoisotopic (exact) mass is 311 g/mol. The van der Waals surface area contributed by atoms with Gasteiger partial charge in [0.15, 0.2) is 0 Å². The molecule has 1 heterocycles. The molecule has 1 saturated heterocycles. The van der Waals surface area contributed by atoms with Gasteiger partial charge in [0, 0.05) is 34.7 Å². The van der Waals surface area contributed by atoms with E-state index in [1.165, 1.54) is 0 Å². The molecule has 106 valence electrons. The van der Waals surface area contributed by atoms with Crippen molar-refractivity contribution in [3.05, 3.63) is 33.8 Å². The summed E-state index contributed by atoms with van der Waals surface area (Å²) in [5.74, 6) is -0.159. The molecular weight excluding hydrogens is 297 g/mol. The molecule has 1 aliphatic heterocycles. The quantitative estimate of drug-likeness (QED) is 0.873. The number of hydrogen-bond donors (Lipinski definition) is 1. The van der Waals surface area contributed by atoms with Gasteiger partial charge in [-0.3, -0.25) is 9.69 Å². The Morgan fingerprint density at radius 1 is 1.30 bits per heavy atom. The number of benzene rings is 1. The Labute approximate surface area is 128 Å². The standard InChI is InChI=1S/C14H15Cl2N3O/c15-11-7-10(8-12(16)9-11)14(20)18-13-1-4-19(5-2-13)6-3-17/h7-9,13H,1-2,4-6H2,(H,18,20). The van der Waals surface area contributed by atoms with Crippen LogP contribution in [0.3, 0.4) is 0 Å². The molecule has 1 N–H and O–H groups in total. The summed E-state index contributed by atoms with van der Waals surface area (Å²) in [6.45, 7) is 2.11. The molecule has 1 aromatic rings. The molecule has 20 heavy (non-hydrogen) atoms. The van der Waals surface area contributed by atoms with E-state index in [4.69, 9.17) is 28.5 Å². The number of nitrogens with one attached hydrogen (secondary N) is 1. The molecule has 1 fully saturated rings. The highest BCUT2D eigenvalue weighted by Gasteiger charge is 2.21. The first-order chi connectivity index (χ1) is 9.58. The number of hydrogen-bond acceptors (Lipinski definition) is 3. The second-order valence-electron chi connectivity index (χ2n) is 4.84. The van der Waals surface area contributed by atoms with Crippen molar-refractivity contribution in [2.45, 2.75) is 18.9 Å². The predicted molar refractivity (Wildman–Crippen MR) is 79.0 cm³/mol. The zero-order chi connectivity index (χ0) is 14.5. The fourth-order valence-corrected chi connectivity index (χ4v) is 2.82. The fourth-order valence-electron chi connectivity index (χ4n) is 2.29. The topological polar surface area (TPSA) is 56.1 Å². The zero-order valence-corrected chi connectivity index (χ0v) is 12.4. The van der Waals surface area contributed by atoms with Gasteiger partial charge in [-0.05, 0) is 31.0 Å². The number of amides is 1. The third-order valence-corrected chi connectivity index (χ3v) is 3.78. The lowest BCUT2D eigenvalue weighted by Gasteiger charge is -2.30. The van der Waals surface area contributed by atoms with Crippen LogP contribution >= 0.6 is 23.2 Å². The van der Waals surface area contributed by atoms with Crippen molar-refractivity contribution < 1.29 is 4.79 Å². The molecule has 0 saturated carbocycles. The van der Waals surface area contributed by atoms with Crippen LogP contribution in [0.2, 0.25) is 10.0 Å². The number of rotatable bonds is 3. The Morgan fingerprint density at radius 2 is 1.90 bits per heavy atom. The summed E-state index contributed by atoms with van der Waals surface area (Å²) in [4.78, 5) is 14.2. The van der Waals surface area contributed by atoms with E-state index in [1.54, 1.807) is 18.2 Å². The van der Waals surface area contributed by atoms with Gasteiger partial charge >= 0.3 is 0 Å². The van der Waals surface area contributed by atoms with Gasteiger partial charge in [0.25, 0.3) is 5.91 Å². The van der Waals surface area contributed by atoms with E-state index in [0.717, 1.165) is 25.9 Å². The van der Waals surface area contributed by atoms with Crippen LogP contribution in [0.5, 0.6) is 0 Å². The molecule has 0 atom stereocenters. The number of nitrogens with zero attached hydrogens (tertiary/aromatic N) is 2. The van der Waals surface area contributed by atoms with E-state index >= 15 is 0 Å². The van der Waals surface area contributed by atoms with Crippen LogP contribution in [-0.2, 0) is 0 Å². The molecule has 1 amide bonds. The van der Waals surface area contributed by atoms with E-state index in [-0.39, 0.29) is 11.9 Å². The van der Waals surface area contributed by atoms with Gasteiger partial charge in [-0.1, -0.05) is 23.2 Å². The maximum Gasteiger partial charge on any atom is 0.251 e. The average Bonchev–Trinajstić information content (AvgIpc) is 2.40. The first kappa shape index (κ1) is 15.1. The summed E-state index contributed by atoms with van der Waals surface area (Å²) in [6, 6.07) is 7.08. The van der Waals surface area contributed by atoms with Crippen molar-refractivity contribution in [1.82, 2.24) is 10.2 Å². The van der Waals surface area contributed by atoms with Gasteiger partial charge in [0.05, 0.1) is 12.6 Å². The molecular formula is C14H15Cl2N3O. The number of carbonyl (C=O) groups is 1. The van der Waals surface area contributed by atoms with E-state index < -0.39 is 0 Å². The number of nitriles is 1. The molecule has 0 spiro atoms. The summed E-state index contributed by atoms with van der Waals surface area (Å²) in [5.41, 5.74) is 0.474. The Kier molecular flexibility index (Phi) is 5.24. The zero-order valence-electron chi connectivity index (χ0n) is 10.9. The Balaban J connectivity index is 1.91. The third kappa shape index (κ3) is 4.11. The van der Waals surface area contributed by atoms with Crippen molar-refractivity contribution in [2.75, 3.05) is 19.6 Å². The van der Waals surface area contributed by atoms with Gasteiger partial charge in [-0.15, -0.1) is 0 Å². The smallest absolute Gasteiger partial charge is 0.251 e. The van der Waals surface area contributed by atoms with E-state index in [0.29, 0.717) is 22.2 Å². The maximum absolute atomic E-state index is 12.1. The SMILES string of the molecule is N#CCN1CCC(NC(=O)c2cc(Cl)cc(Cl)c2)CC1. The lowest BCUT2D eigenvalue weighted by atomic mass is 10.0. The Hall–Kier alpha value is -1.28. The van der Waals surface area contributed by atoms with Gasteiger partial charge in [-0.2, -0.15) is 5.26 Å². The molecule has 0 unspecified atom stereocenters. The molecule has 6 heteroatoms. The molecule has 1 aliphatic rings. The van der Waals surface area contributed by atoms with Crippen molar-refractivity contribution in [1.29, 1.82) is 5.26 Å². The second-order valence-corrected chi connectivity index (χ2v) is 5.71. The first-order valence-corrected chi connectivity index (χ1v) is 7.20. The highest BCUT2D eigenvalue weighted by molar-refractivity contribution is 6.35. The van der Waals surface area contributed by atoms with Gasteiger partial charge in [-0.25, -0.2) is 0 Å². The van der Waals surface area contributed by atoms with E-state index in [9.17, 15) is 4.79 Å². The van der Waals surface area contributed by atoms with Crippen molar-refractivity contribution in [3.63, 3.8) is 0 Å². The largest absolute Gasteiger partial charge is 0.349 e. The van der Waals surface area contributed by atoms with Crippen LogP contribution in [-0.4, -0.2) is 36.5 Å². The summed E-state index contributed by atoms with van der Waals surface area (Å²) in [5, 5.41) is 12.5. The maximum atomic E-state index is 12.1. The molecule has 0 bridgehead atoms. The van der Waals surface area contributed by atoms with Crippen LogP contribution < -0.4 is 5.32 Å². The predicted octanol–water partition coefficient (Wildman–Crippen LogP) is 2.71. The summed E-state index contributed by atoms with van der Waals surface area (Å²) in [6.07, 6.45) is 1.70. The molecule has 4 nitrogen and oxygen atoms in total. The van der Waals surface area contributed by atoms with Crippen LogP contribution in [0.15, 0.2) is 18.2 Å². The van der Waals surface area contributed by atoms with Crippen LogP contribution in [0.1, 0.15) is 23.2 Å². The molecule has 0 aliphatic carbocycles. The van der Waals surface area contributed by atoms with E-state index in [2.05, 4.69) is 16.3 Å². The summed E-state index contributed by atoms with van der Waals surface area (Å²) >= 11 is 11.8. The van der Waals surface area contributed by atoms with Crippen LogP contribution in [0.4, 0.5) is 0 Å². The normalized spacial score (nSPS) is 16.6. The van der Waals surface area contributed by atoms with Crippen LogP contribution in [0.25, 0.3) is 0 Å².